The molecule has 0 fully saturated rings. The zero-order valence-electron chi connectivity index (χ0n) is 11.0. The van der Waals surface area contributed by atoms with Crippen LogP contribution < -0.4 is 10.6 Å². The Morgan fingerprint density at radius 2 is 1.89 bits per heavy atom. The van der Waals surface area contributed by atoms with Crippen molar-refractivity contribution < 1.29 is 14.3 Å². The maximum atomic E-state index is 11.5. The first-order valence-corrected chi connectivity index (χ1v) is 5.79. The fourth-order valence-electron chi connectivity index (χ4n) is 1.49. The molecule has 5 nitrogen and oxygen atoms in total. The summed E-state index contributed by atoms with van der Waals surface area (Å²) in [5.41, 5.74) is 2.26. The predicted octanol–water partition coefficient (Wildman–Crippen LogP) is 1.41. The van der Waals surface area contributed by atoms with Gasteiger partial charge in [-0.05, 0) is 18.1 Å². The van der Waals surface area contributed by atoms with Crippen LogP contribution in [0.2, 0.25) is 0 Å². The van der Waals surface area contributed by atoms with Crippen molar-refractivity contribution in [3.63, 3.8) is 0 Å². The average molecular weight is 252 g/mol. The molecule has 0 heterocycles. The number of benzene rings is 1. The molecule has 0 spiro atoms. The minimum absolute atomic E-state index is 0.239. The standard InChI is InChI=1S/C13H20N2O3/c1-10-6-4-5-7-11(10)8-14-13(16)15-9-12(17-2)18-3/h4-7,12H,8-9H2,1-3H3,(H2,14,15,16). The quantitative estimate of drug-likeness (QED) is 0.753. The van der Waals surface area contributed by atoms with Crippen molar-refractivity contribution in [3.8, 4) is 0 Å². The molecule has 0 saturated heterocycles. The predicted molar refractivity (Wildman–Crippen MR) is 69.2 cm³/mol. The van der Waals surface area contributed by atoms with Crippen LogP contribution in [0.3, 0.4) is 0 Å². The van der Waals surface area contributed by atoms with Crippen LogP contribution in [0.1, 0.15) is 11.1 Å². The first kappa shape index (κ1) is 14.5. The van der Waals surface area contributed by atoms with Gasteiger partial charge in [0.15, 0.2) is 6.29 Å². The van der Waals surface area contributed by atoms with Gasteiger partial charge in [-0.3, -0.25) is 0 Å². The largest absolute Gasteiger partial charge is 0.354 e. The van der Waals surface area contributed by atoms with Crippen LogP contribution in [0.15, 0.2) is 24.3 Å². The molecule has 0 atom stereocenters. The Morgan fingerprint density at radius 1 is 1.22 bits per heavy atom. The van der Waals surface area contributed by atoms with E-state index in [0.29, 0.717) is 13.1 Å². The molecule has 0 bridgehead atoms. The van der Waals surface area contributed by atoms with E-state index in [0.717, 1.165) is 11.1 Å². The summed E-state index contributed by atoms with van der Waals surface area (Å²) in [6.45, 7) is 2.83. The smallest absolute Gasteiger partial charge is 0.315 e. The van der Waals surface area contributed by atoms with Gasteiger partial charge >= 0.3 is 6.03 Å². The molecule has 0 radical (unpaired) electrons. The van der Waals surface area contributed by atoms with Gasteiger partial charge in [0.1, 0.15) is 0 Å². The Labute approximate surface area is 107 Å². The lowest BCUT2D eigenvalue weighted by Crippen LogP contribution is -2.40. The van der Waals surface area contributed by atoms with Crippen LogP contribution in [0, 0.1) is 6.92 Å². The SMILES string of the molecule is COC(CNC(=O)NCc1ccccc1C)OC. The second-order valence-corrected chi connectivity index (χ2v) is 3.89. The molecule has 0 saturated carbocycles. The molecule has 0 unspecified atom stereocenters. The number of methoxy groups -OCH3 is 2. The van der Waals surface area contributed by atoms with Crippen LogP contribution in [0.25, 0.3) is 0 Å². The minimum atomic E-state index is -0.422. The zero-order valence-corrected chi connectivity index (χ0v) is 11.0. The summed E-state index contributed by atoms with van der Waals surface area (Å²) >= 11 is 0. The number of carbonyl (C=O) groups is 1. The highest BCUT2D eigenvalue weighted by Gasteiger charge is 2.07. The summed E-state index contributed by atoms with van der Waals surface area (Å²) in [5, 5.41) is 5.46. The second-order valence-electron chi connectivity index (χ2n) is 3.89. The van der Waals surface area contributed by atoms with Gasteiger partial charge in [-0.15, -0.1) is 0 Å². The third-order valence-electron chi connectivity index (χ3n) is 2.66. The topological polar surface area (TPSA) is 59.6 Å². The molecule has 1 rings (SSSR count). The molecule has 0 aromatic heterocycles. The Morgan fingerprint density at radius 3 is 2.50 bits per heavy atom. The van der Waals surface area contributed by atoms with E-state index in [-0.39, 0.29) is 6.03 Å². The second kappa shape index (κ2) is 7.68. The Kier molecular flexibility index (Phi) is 6.18. The van der Waals surface area contributed by atoms with Crippen molar-refractivity contribution >= 4 is 6.03 Å². The fraction of sp³-hybridized carbons (Fsp3) is 0.462. The Bertz CT molecular complexity index is 378. The monoisotopic (exact) mass is 252 g/mol. The van der Waals surface area contributed by atoms with Gasteiger partial charge in [-0.1, -0.05) is 24.3 Å². The van der Waals surface area contributed by atoms with E-state index < -0.39 is 6.29 Å². The molecule has 2 N–H and O–H groups in total. The lowest BCUT2D eigenvalue weighted by molar-refractivity contribution is -0.0971. The third kappa shape index (κ3) is 4.73. The molecule has 0 aliphatic carbocycles. The number of amides is 2. The molecular weight excluding hydrogens is 232 g/mol. The maximum Gasteiger partial charge on any atom is 0.315 e. The number of aryl methyl sites for hydroxylation is 1. The van der Waals surface area contributed by atoms with Crippen molar-refractivity contribution in [2.75, 3.05) is 20.8 Å². The normalized spacial score (nSPS) is 10.4. The van der Waals surface area contributed by atoms with Crippen molar-refractivity contribution in [2.45, 2.75) is 19.8 Å². The third-order valence-corrected chi connectivity index (χ3v) is 2.66. The Balaban J connectivity index is 2.31. The summed E-state index contributed by atoms with van der Waals surface area (Å²) in [6, 6.07) is 7.69. The van der Waals surface area contributed by atoms with Gasteiger partial charge in [0.2, 0.25) is 0 Å². The van der Waals surface area contributed by atoms with Gasteiger partial charge in [-0.2, -0.15) is 0 Å². The van der Waals surface area contributed by atoms with E-state index in [1.54, 1.807) is 0 Å². The molecule has 100 valence electrons. The molecular formula is C13H20N2O3. The molecule has 2 amide bonds. The molecule has 0 aliphatic rings. The summed E-state index contributed by atoms with van der Waals surface area (Å²) in [4.78, 5) is 11.5. The van der Waals surface area contributed by atoms with Crippen molar-refractivity contribution in [1.29, 1.82) is 0 Å². The summed E-state index contributed by atoms with van der Waals surface area (Å²) in [6.07, 6.45) is -0.422. The van der Waals surface area contributed by atoms with E-state index in [4.69, 9.17) is 9.47 Å². The summed E-state index contributed by atoms with van der Waals surface area (Å²) < 4.78 is 9.93. The number of hydrogen-bond donors (Lipinski definition) is 2. The molecule has 1 aromatic rings. The van der Waals surface area contributed by atoms with Gasteiger partial charge < -0.3 is 20.1 Å². The Hall–Kier alpha value is -1.59. The van der Waals surface area contributed by atoms with Crippen molar-refractivity contribution in [2.24, 2.45) is 0 Å². The maximum absolute atomic E-state index is 11.5. The van der Waals surface area contributed by atoms with Crippen LogP contribution >= 0.6 is 0 Å². The molecule has 1 aromatic carbocycles. The van der Waals surface area contributed by atoms with Crippen LogP contribution in [-0.2, 0) is 16.0 Å². The highest BCUT2D eigenvalue weighted by atomic mass is 16.7. The summed E-state index contributed by atoms with van der Waals surface area (Å²) in [7, 11) is 3.06. The van der Waals surface area contributed by atoms with Gasteiger partial charge in [0.05, 0.1) is 6.54 Å². The number of hydrogen-bond acceptors (Lipinski definition) is 3. The van der Waals surface area contributed by atoms with E-state index in [9.17, 15) is 4.79 Å². The van der Waals surface area contributed by atoms with E-state index in [1.807, 2.05) is 31.2 Å². The minimum Gasteiger partial charge on any atom is -0.354 e. The van der Waals surface area contributed by atoms with Gasteiger partial charge in [0.25, 0.3) is 0 Å². The summed E-state index contributed by atoms with van der Waals surface area (Å²) in [5.74, 6) is 0. The highest BCUT2D eigenvalue weighted by molar-refractivity contribution is 5.73. The number of rotatable bonds is 6. The zero-order chi connectivity index (χ0) is 13.4. The lowest BCUT2D eigenvalue weighted by atomic mass is 10.1. The number of nitrogens with one attached hydrogen (secondary N) is 2. The van der Waals surface area contributed by atoms with Crippen molar-refractivity contribution in [3.05, 3.63) is 35.4 Å². The van der Waals surface area contributed by atoms with Crippen LogP contribution in [0.5, 0.6) is 0 Å². The van der Waals surface area contributed by atoms with Gasteiger partial charge in [0, 0.05) is 20.8 Å². The fourth-order valence-corrected chi connectivity index (χ4v) is 1.49. The first-order chi connectivity index (χ1) is 8.67. The highest BCUT2D eigenvalue weighted by Crippen LogP contribution is 2.05. The van der Waals surface area contributed by atoms with Crippen LogP contribution in [-0.4, -0.2) is 33.1 Å². The van der Waals surface area contributed by atoms with E-state index in [2.05, 4.69) is 10.6 Å². The van der Waals surface area contributed by atoms with E-state index >= 15 is 0 Å². The average Bonchev–Trinajstić information content (AvgIpc) is 2.39. The van der Waals surface area contributed by atoms with Crippen molar-refractivity contribution in [1.82, 2.24) is 10.6 Å². The van der Waals surface area contributed by atoms with Crippen LogP contribution in [0.4, 0.5) is 4.79 Å². The van der Waals surface area contributed by atoms with E-state index in [1.165, 1.54) is 14.2 Å². The number of urea groups is 1. The molecule has 0 aliphatic heterocycles. The molecule has 5 heteroatoms. The lowest BCUT2D eigenvalue weighted by Gasteiger charge is -2.14. The molecule has 18 heavy (non-hydrogen) atoms. The number of ether oxygens (including phenoxy) is 2. The van der Waals surface area contributed by atoms with Gasteiger partial charge in [-0.25, -0.2) is 4.79 Å². The first-order valence-electron chi connectivity index (χ1n) is 5.79. The number of carbonyl (C=O) groups excluding carboxylic acids is 1.